The van der Waals surface area contributed by atoms with Crippen molar-refractivity contribution in [2.45, 2.75) is 31.9 Å². The number of rotatable bonds is 5. The first kappa shape index (κ1) is 15.7. The largest absolute Gasteiger partial charge is 0.376 e. The number of anilines is 1. The summed E-state index contributed by atoms with van der Waals surface area (Å²) in [6.07, 6.45) is 4.21. The molecule has 7 heteroatoms. The SMILES string of the molecule is C[C@H](C(=O)NC[C@@H]1CCCO1)N1CCN(c2nccs2)CC1. The molecule has 1 aromatic heterocycles. The van der Waals surface area contributed by atoms with Crippen LogP contribution in [0.3, 0.4) is 0 Å². The van der Waals surface area contributed by atoms with Crippen LogP contribution < -0.4 is 10.2 Å². The summed E-state index contributed by atoms with van der Waals surface area (Å²) < 4.78 is 5.54. The van der Waals surface area contributed by atoms with Gasteiger partial charge in [-0.1, -0.05) is 0 Å². The zero-order valence-electron chi connectivity index (χ0n) is 13.0. The molecule has 2 saturated heterocycles. The number of amides is 1. The highest BCUT2D eigenvalue weighted by Crippen LogP contribution is 2.19. The average Bonchev–Trinajstić information content (AvgIpc) is 3.25. The van der Waals surface area contributed by atoms with Crippen molar-refractivity contribution in [1.82, 2.24) is 15.2 Å². The first-order valence-corrected chi connectivity index (χ1v) is 8.90. The molecule has 3 heterocycles. The van der Waals surface area contributed by atoms with Gasteiger partial charge in [0.25, 0.3) is 0 Å². The first-order valence-electron chi connectivity index (χ1n) is 8.02. The van der Waals surface area contributed by atoms with Crippen molar-refractivity contribution in [2.24, 2.45) is 0 Å². The Morgan fingerprint density at radius 1 is 1.50 bits per heavy atom. The lowest BCUT2D eigenvalue weighted by molar-refractivity contribution is -0.126. The Morgan fingerprint density at radius 3 is 2.95 bits per heavy atom. The Kier molecular flexibility index (Phi) is 5.28. The topological polar surface area (TPSA) is 57.7 Å². The molecule has 0 aliphatic carbocycles. The van der Waals surface area contributed by atoms with Crippen LogP contribution in [0.1, 0.15) is 19.8 Å². The minimum atomic E-state index is -0.0835. The minimum absolute atomic E-state index is 0.0835. The number of hydrogen-bond donors (Lipinski definition) is 1. The number of ether oxygens (including phenoxy) is 1. The molecule has 1 N–H and O–H groups in total. The lowest BCUT2D eigenvalue weighted by atomic mass is 10.2. The molecule has 0 saturated carbocycles. The summed E-state index contributed by atoms with van der Waals surface area (Å²) in [5, 5.41) is 6.11. The Balaban J connectivity index is 1.42. The van der Waals surface area contributed by atoms with Crippen LogP contribution in [0.25, 0.3) is 0 Å². The van der Waals surface area contributed by atoms with E-state index in [1.807, 2.05) is 18.5 Å². The Morgan fingerprint density at radius 2 is 2.32 bits per heavy atom. The van der Waals surface area contributed by atoms with Gasteiger partial charge in [0.15, 0.2) is 5.13 Å². The summed E-state index contributed by atoms with van der Waals surface area (Å²) in [4.78, 5) is 21.2. The molecule has 0 unspecified atom stereocenters. The quantitative estimate of drug-likeness (QED) is 0.874. The van der Waals surface area contributed by atoms with Gasteiger partial charge in [-0.2, -0.15) is 0 Å². The van der Waals surface area contributed by atoms with E-state index in [1.165, 1.54) is 0 Å². The number of nitrogens with one attached hydrogen (secondary N) is 1. The number of carbonyl (C=O) groups excluding carboxylic acids is 1. The van der Waals surface area contributed by atoms with Gasteiger partial charge in [0.2, 0.25) is 5.91 Å². The lowest BCUT2D eigenvalue weighted by Gasteiger charge is -2.37. The van der Waals surface area contributed by atoms with E-state index in [9.17, 15) is 4.79 Å². The monoisotopic (exact) mass is 324 g/mol. The molecule has 6 nitrogen and oxygen atoms in total. The number of thiazole rings is 1. The summed E-state index contributed by atoms with van der Waals surface area (Å²) in [5.74, 6) is 0.109. The Hall–Kier alpha value is -1.18. The fraction of sp³-hybridized carbons (Fsp3) is 0.733. The van der Waals surface area contributed by atoms with Crippen LogP contribution in [0.15, 0.2) is 11.6 Å². The van der Waals surface area contributed by atoms with E-state index >= 15 is 0 Å². The molecule has 2 aliphatic rings. The summed E-state index contributed by atoms with van der Waals surface area (Å²) in [5.41, 5.74) is 0. The third-order valence-electron chi connectivity index (χ3n) is 4.46. The number of aromatic nitrogens is 1. The Labute approximate surface area is 135 Å². The zero-order valence-corrected chi connectivity index (χ0v) is 13.8. The van der Waals surface area contributed by atoms with Crippen LogP contribution in [0.4, 0.5) is 5.13 Å². The van der Waals surface area contributed by atoms with E-state index in [0.29, 0.717) is 6.54 Å². The van der Waals surface area contributed by atoms with Crippen molar-refractivity contribution in [2.75, 3.05) is 44.2 Å². The van der Waals surface area contributed by atoms with Crippen LogP contribution in [-0.4, -0.2) is 67.3 Å². The molecular weight excluding hydrogens is 300 g/mol. The van der Waals surface area contributed by atoms with Crippen molar-refractivity contribution in [1.29, 1.82) is 0 Å². The zero-order chi connectivity index (χ0) is 15.4. The second-order valence-electron chi connectivity index (χ2n) is 5.89. The van der Waals surface area contributed by atoms with Crippen molar-refractivity contribution >= 4 is 22.4 Å². The van der Waals surface area contributed by atoms with Gasteiger partial charge in [-0.15, -0.1) is 11.3 Å². The second-order valence-corrected chi connectivity index (χ2v) is 6.77. The molecule has 2 fully saturated rings. The highest BCUT2D eigenvalue weighted by atomic mass is 32.1. The molecular formula is C15H24N4O2S. The minimum Gasteiger partial charge on any atom is -0.376 e. The first-order chi connectivity index (χ1) is 10.7. The maximum Gasteiger partial charge on any atom is 0.237 e. The van der Waals surface area contributed by atoms with Gasteiger partial charge in [-0.25, -0.2) is 4.98 Å². The predicted octanol–water partition coefficient (Wildman–Crippen LogP) is 0.949. The van der Waals surface area contributed by atoms with Gasteiger partial charge >= 0.3 is 0 Å². The predicted molar refractivity (Wildman–Crippen MR) is 87.3 cm³/mol. The number of nitrogens with zero attached hydrogens (tertiary/aromatic N) is 3. The molecule has 2 aliphatic heterocycles. The molecule has 1 aromatic rings. The van der Waals surface area contributed by atoms with Crippen LogP contribution in [0, 0.1) is 0 Å². The van der Waals surface area contributed by atoms with Crippen LogP contribution in [0.2, 0.25) is 0 Å². The highest BCUT2D eigenvalue weighted by Gasteiger charge is 2.27. The Bertz CT molecular complexity index is 468. The molecule has 22 heavy (non-hydrogen) atoms. The third kappa shape index (κ3) is 3.77. The van der Waals surface area contributed by atoms with E-state index in [1.54, 1.807) is 11.3 Å². The average molecular weight is 324 g/mol. The molecule has 2 atom stereocenters. The van der Waals surface area contributed by atoms with E-state index in [0.717, 1.165) is 50.8 Å². The summed E-state index contributed by atoms with van der Waals surface area (Å²) >= 11 is 1.67. The third-order valence-corrected chi connectivity index (χ3v) is 5.29. The standard InChI is InChI=1S/C15H24N4O2S/c1-12(14(20)17-11-13-3-2-9-21-13)18-5-7-19(8-6-18)15-16-4-10-22-15/h4,10,12-13H,2-3,5-9,11H2,1H3,(H,17,20)/t12-,13+/m1/s1. The van der Waals surface area contributed by atoms with E-state index in [2.05, 4.69) is 20.1 Å². The van der Waals surface area contributed by atoms with Crippen molar-refractivity contribution < 1.29 is 9.53 Å². The van der Waals surface area contributed by atoms with Gasteiger partial charge in [0, 0.05) is 50.9 Å². The van der Waals surface area contributed by atoms with Crippen molar-refractivity contribution in [3.8, 4) is 0 Å². The molecule has 0 aromatic carbocycles. The maximum atomic E-state index is 12.3. The highest BCUT2D eigenvalue weighted by molar-refractivity contribution is 7.13. The molecule has 0 bridgehead atoms. The van der Waals surface area contributed by atoms with E-state index in [-0.39, 0.29) is 18.1 Å². The summed E-state index contributed by atoms with van der Waals surface area (Å²) in [6, 6.07) is -0.0835. The van der Waals surface area contributed by atoms with Crippen molar-refractivity contribution in [3.05, 3.63) is 11.6 Å². The van der Waals surface area contributed by atoms with E-state index < -0.39 is 0 Å². The van der Waals surface area contributed by atoms with Gasteiger partial charge in [0.1, 0.15) is 0 Å². The van der Waals surface area contributed by atoms with Gasteiger partial charge in [-0.3, -0.25) is 9.69 Å². The van der Waals surface area contributed by atoms with Crippen molar-refractivity contribution in [3.63, 3.8) is 0 Å². The molecule has 3 rings (SSSR count). The summed E-state index contributed by atoms with van der Waals surface area (Å²) in [6.45, 7) is 7.11. The molecule has 1 amide bonds. The lowest BCUT2D eigenvalue weighted by Crippen LogP contribution is -2.54. The smallest absolute Gasteiger partial charge is 0.237 e. The van der Waals surface area contributed by atoms with Gasteiger partial charge < -0.3 is 15.0 Å². The molecule has 122 valence electrons. The van der Waals surface area contributed by atoms with Crippen LogP contribution in [0.5, 0.6) is 0 Å². The number of piperazine rings is 1. The van der Waals surface area contributed by atoms with E-state index in [4.69, 9.17) is 4.74 Å². The number of carbonyl (C=O) groups is 1. The fourth-order valence-electron chi connectivity index (χ4n) is 3.01. The van der Waals surface area contributed by atoms with Gasteiger partial charge in [0.05, 0.1) is 12.1 Å². The fourth-order valence-corrected chi connectivity index (χ4v) is 3.70. The number of hydrogen-bond acceptors (Lipinski definition) is 6. The normalized spacial score (nSPS) is 24.4. The molecule has 0 spiro atoms. The van der Waals surface area contributed by atoms with Gasteiger partial charge in [-0.05, 0) is 19.8 Å². The second kappa shape index (κ2) is 7.39. The van der Waals surface area contributed by atoms with Crippen LogP contribution in [-0.2, 0) is 9.53 Å². The summed E-state index contributed by atoms with van der Waals surface area (Å²) in [7, 11) is 0. The maximum absolute atomic E-state index is 12.3. The molecule has 0 radical (unpaired) electrons. The van der Waals surface area contributed by atoms with Crippen LogP contribution >= 0.6 is 11.3 Å².